The Morgan fingerprint density at radius 2 is 0.941 bits per heavy atom. The van der Waals surface area contributed by atoms with E-state index in [2.05, 4.69) is 0 Å². The molecule has 0 aliphatic heterocycles. The third-order valence-corrected chi connectivity index (χ3v) is 5.41. The molecule has 2 rings (SSSR count). The van der Waals surface area contributed by atoms with E-state index in [9.17, 15) is 30.0 Å². The smallest absolute Gasteiger partial charge is 0.338 e. The average Bonchev–Trinajstić information content (AvgIpc) is 2.82. The number of unbranched alkanes of at least 4 members (excludes halogenated alkanes) is 9. The van der Waals surface area contributed by atoms with Gasteiger partial charge < -0.3 is 29.9 Å². The van der Waals surface area contributed by atoms with Crippen molar-refractivity contribution in [2.75, 3.05) is 13.2 Å². The average molecular weight is 475 g/mol. The van der Waals surface area contributed by atoms with E-state index in [1.807, 2.05) is 0 Å². The van der Waals surface area contributed by atoms with Crippen LogP contribution in [0.4, 0.5) is 0 Å². The number of phenolic OH excluding ortho intramolecular Hbond substituents is 4. The zero-order valence-corrected chi connectivity index (χ0v) is 19.4. The summed E-state index contributed by atoms with van der Waals surface area (Å²) in [6, 6.07) is 8.13. The van der Waals surface area contributed by atoms with E-state index in [0.29, 0.717) is 12.2 Å². The third-order valence-electron chi connectivity index (χ3n) is 5.41. The van der Waals surface area contributed by atoms with Gasteiger partial charge in [-0.05, 0) is 49.2 Å². The van der Waals surface area contributed by atoms with Gasteiger partial charge in [0.2, 0.25) is 0 Å². The molecule has 8 nitrogen and oxygen atoms in total. The van der Waals surface area contributed by atoms with Crippen LogP contribution in [-0.2, 0) is 9.47 Å². The number of carbonyl (C=O) groups is 2. The molecule has 2 aromatic carbocycles. The van der Waals surface area contributed by atoms with Gasteiger partial charge in [-0.1, -0.05) is 51.4 Å². The molecule has 2 aromatic rings. The summed E-state index contributed by atoms with van der Waals surface area (Å²) in [6.45, 7) is 0.665. The van der Waals surface area contributed by atoms with Gasteiger partial charge in [0, 0.05) is 0 Å². The zero-order chi connectivity index (χ0) is 24.8. The van der Waals surface area contributed by atoms with Crippen LogP contribution in [0.2, 0.25) is 0 Å². The Morgan fingerprint density at radius 1 is 0.559 bits per heavy atom. The van der Waals surface area contributed by atoms with Crippen LogP contribution < -0.4 is 0 Å². The lowest BCUT2D eigenvalue weighted by Crippen LogP contribution is -2.06. The summed E-state index contributed by atoms with van der Waals surface area (Å²) in [6.07, 6.45) is 10.3. The van der Waals surface area contributed by atoms with Gasteiger partial charge in [-0.3, -0.25) is 0 Å². The van der Waals surface area contributed by atoms with Crippen LogP contribution in [0, 0.1) is 0 Å². The standard InChI is InChI=1S/C26H34O8/c27-21-13-11-19(12-14-21)25(31)33-15-9-7-5-3-1-2-4-6-8-10-16-34-26(32)20-17-22(28)24(30)23(29)18-20/h11-14,17-18,27-30H,1-10,15-16H2. The predicted octanol–water partition coefficient (Wildman–Crippen LogP) is 5.42. The maximum atomic E-state index is 11.9. The van der Waals surface area contributed by atoms with E-state index in [1.165, 1.54) is 12.1 Å². The summed E-state index contributed by atoms with van der Waals surface area (Å²) in [5, 5.41) is 37.4. The molecule has 0 atom stereocenters. The number of rotatable bonds is 15. The first-order valence-electron chi connectivity index (χ1n) is 11.8. The Morgan fingerprint density at radius 3 is 1.38 bits per heavy atom. The lowest BCUT2D eigenvalue weighted by molar-refractivity contribution is 0.0487. The molecule has 186 valence electrons. The Balaban J connectivity index is 1.39. The predicted molar refractivity (Wildman–Crippen MR) is 126 cm³/mol. The van der Waals surface area contributed by atoms with E-state index in [4.69, 9.17) is 9.47 Å². The number of phenols is 4. The van der Waals surface area contributed by atoms with Crippen LogP contribution >= 0.6 is 0 Å². The van der Waals surface area contributed by atoms with Crippen molar-refractivity contribution in [3.05, 3.63) is 47.5 Å². The van der Waals surface area contributed by atoms with Crippen molar-refractivity contribution in [2.45, 2.75) is 64.2 Å². The fourth-order valence-electron chi connectivity index (χ4n) is 3.43. The number of hydrogen-bond acceptors (Lipinski definition) is 8. The number of aromatic hydroxyl groups is 4. The molecule has 0 fully saturated rings. The highest BCUT2D eigenvalue weighted by molar-refractivity contribution is 5.91. The molecule has 0 amide bonds. The van der Waals surface area contributed by atoms with Crippen LogP contribution in [0.3, 0.4) is 0 Å². The number of ether oxygens (including phenoxy) is 2. The second kappa shape index (κ2) is 14.7. The van der Waals surface area contributed by atoms with Crippen molar-refractivity contribution in [3.8, 4) is 23.0 Å². The van der Waals surface area contributed by atoms with Crippen LogP contribution in [0.15, 0.2) is 36.4 Å². The summed E-state index contributed by atoms with van der Waals surface area (Å²) in [4.78, 5) is 23.7. The first-order chi connectivity index (χ1) is 16.4. The number of carbonyl (C=O) groups excluding carboxylic acids is 2. The normalized spacial score (nSPS) is 10.7. The molecule has 0 saturated heterocycles. The maximum Gasteiger partial charge on any atom is 0.338 e. The van der Waals surface area contributed by atoms with Gasteiger partial charge in [-0.2, -0.15) is 0 Å². The van der Waals surface area contributed by atoms with E-state index in [1.54, 1.807) is 12.1 Å². The summed E-state index contributed by atoms with van der Waals surface area (Å²) in [7, 11) is 0. The molecule has 0 aliphatic carbocycles. The molecule has 0 saturated carbocycles. The first-order valence-corrected chi connectivity index (χ1v) is 11.8. The molecule has 0 bridgehead atoms. The molecule has 34 heavy (non-hydrogen) atoms. The van der Waals surface area contributed by atoms with Crippen LogP contribution in [0.5, 0.6) is 23.0 Å². The molecule has 0 spiro atoms. The largest absolute Gasteiger partial charge is 0.508 e. The second-order valence-electron chi connectivity index (χ2n) is 8.22. The molecule has 0 heterocycles. The van der Waals surface area contributed by atoms with Gasteiger partial charge in [-0.15, -0.1) is 0 Å². The van der Waals surface area contributed by atoms with Crippen LogP contribution in [0.25, 0.3) is 0 Å². The first kappa shape index (κ1) is 26.8. The van der Waals surface area contributed by atoms with Crippen molar-refractivity contribution in [3.63, 3.8) is 0 Å². The lowest BCUT2D eigenvalue weighted by Gasteiger charge is -2.07. The molecule has 0 aliphatic rings. The highest BCUT2D eigenvalue weighted by atomic mass is 16.5. The van der Waals surface area contributed by atoms with Crippen molar-refractivity contribution < 1.29 is 39.5 Å². The Kier molecular flexibility index (Phi) is 11.6. The van der Waals surface area contributed by atoms with Gasteiger partial charge in [-0.25, -0.2) is 9.59 Å². The van der Waals surface area contributed by atoms with Gasteiger partial charge in [0.1, 0.15) is 5.75 Å². The molecule has 8 heteroatoms. The minimum absolute atomic E-state index is 0.0108. The molecular formula is C26H34O8. The van der Waals surface area contributed by atoms with Crippen LogP contribution in [-0.4, -0.2) is 45.6 Å². The van der Waals surface area contributed by atoms with Gasteiger partial charge in [0.25, 0.3) is 0 Å². The van der Waals surface area contributed by atoms with Crippen molar-refractivity contribution >= 4 is 11.9 Å². The summed E-state index contributed by atoms with van der Waals surface area (Å²) >= 11 is 0. The van der Waals surface area contributed by atoms with Crippen molar-refractivity contribution in [2.24, 2.45) is 0 Å². The van der Waals surface area contributed by atoms with Gasteiger partial charge >= 0.3 is 11.9 Å². The van der Waals surface area contributed by atoms with E-state index in [0.717, 1.165) is 76.3 Å². The van der Waals surface area contributed by atoms with E-state index < -0.39 is 23.2 Å². The molecular weight excluding hydrogens is 440 g/mol. The molecule has 4 N–H and O–H groups in total. The zero-order valence-electron chi connectivity index (χ0n) is 19.4. The lowest BCUT2D eigenvalue weighted by atomic mass is 10.1. The summed E-state index contributed by atoms with van der Waals surface area (Å²) in [5.74, 6) is -2.70. The Labute approximate surface area is 199 Å². The minimum atomic E-state index is -0.663. The van der Waals surface area contributed by atoms with E-state index >= 15 is 0 Å². The Hall–Kier alpha value is -3.42. The van der Waals surface area contributed by atoms with Crippen LogP contribution in [0.1, 0.15) is 84.9 Å². The van der Waals surface area contributed by atoms with Gasteiger partial charge in [0.05, 0.1) is 24.3 Å². The van der Waals surface area contributed by atoms with Gasteiger partial charge in [0.15, 0.2) is 17.2 Å². The number of esters is 2. The highest BCUT2D eigenvalue weighted by Crippen LogP contribution is 2.35. The third kappa shape index (κ3) is 9.60. The minimum Gasteiger partial charge on any atom is -0.508 e. The number of hydrogen-bond donors (Lipinski definition) is 4. The molecule has 0 radical (unpaired) electrons. The fourth-order valence-corrected chi connectivity index (χ4v) is 3.43. The number of benzene rings is 2. The summed E-state index contributed by atoms with van der Waals surface area (Å²) in [5.41, 5.74) is 0.428. The molecule has 0 aromatic heterocycles. The van der Waals surface area contributed by atoms with Crippen molar-refractivity contribution in [1.82, 2.24) is 0 Å². The molecule has 0 unspecified atom stereocenters. The highest BCUT2D eigenvalue weighted by Gasteiger charge is 2.14. The quantitative estimate of drug-likeness (QED) is 0.153. The summed E-state index contributed by atoms with van der Waals surface area (Å²) < 4.78 is 10.4. The topological polar surface area (TPSA) is 134 Å². The Bertz CT molecular complexity index is 885. The second-order valence-corrected chi connectivity index (χ2v) is 8.22. The maximum absolute atomic E-state index is 11.9. The van der Waals surface area contributed by atoms with Crippen molar-refractivity contribution in [1.29, 1.82) is 0 Å². The SMILES string of the molecule is O=C(OCCCCCCCCCCCCOC(=O)c1cc(O)c(O)c(O)c1)c1ccc(O)cc1. The van der Waals surface area contributed by atoms with E-state index in [-0.39, 0.29) is 23.9 Å². The fraction of sp³-hybridized carbons (Fsp3) is 0.462. The monoisotopic (exact) mass is 474 g/mol.